The van der Waals surface area contributed by atoms with Crippen LogP contribution in [0.4, 0.5) is 10.1 Å². The Balaban J connectivity index is 1.42. The second-order valence-electron chi connectivity index (χ2n) is 6.84. The number of benzene rings is 2. The third kappa shape index (κ3) is 3.20. The number of anilines is 1. The molecule has 3 heterocycles. The van der Waals surface area contributed by atoms with Crippen molar-refractivity contribution in [1.82, 2.24) is 9.71 Å². The van der Waals surface area contributed by atoms with Crippen molar-refractivity contribution < 1.29 is 18.2 Å². The first kappa shape index (κ1) is 18.0. The topological polar surface area (TPSA) is 81.4 Å². The summed E-state index contributed by atoms with van der Waals surface area (Å²) in [6, 6.07) is 11.5. The van der Waals surface area contributed by atoms with Gasteiger partial charge in [0.25, 0.3) is 0 Å². The van der Waals surface area contributed by atoms with Crippen molar-refractivity contribution >= 4 is 44.7 Å². The van der Waals surface area contributed by atoms with Gasteiger partial charge in [-0.15, -0.1) is 0 Å². The van der Waals surface area contributed by atoms with Gasteiger partial charge in [0.05, 0.1) is 5.39 Å². The monoisotopic (exact) mass is 409 g/mol. The quantitative estimate of drug-likeness (QED) is 0.519. The summed E-state index contributed by atoms with van der Waals surface area (Å²) >= 11 is -1.81. The SMILES string of the molecule is O=C(N[S+]([O-])c1cccc2cnccc12)c1cc2c(F)cc(N3CCC3)cc2o1. The van der Waals surface area contributed by atoms with Gasteiger partial charge in [-0.05, 0) is 24.6 Å². The zero-order valence-electron chi connectivity index (χ0n) is 15.2. The highest BCUT2D eigenvalue weighted by Gasteiger charge is 2.24. The number of carbonyl (C=O) groups excluding carboxylic acids is 1. The molecule has 0 radical (unpaired) electrons. The molecule has 2 aromatic carbocycles. The second kappa shape index (κ2) is 7.06. The molecule has 1 N–H and O–H groups in total. The Morgan fingerprint density at radius 3 is 2.86 bits per heavy atom. The molecule has 0 saturated carbocycles. The number of hydrogen-bond acceptors (Lipinski definition) is 5. The molecule has 1 fully saturated rings. The van der Waals surface area contributed by atoms with Crippen molar-refractivity contribution in [1.29, 1.82) is 0 Å². The molecule has 2 aromatic heterocycles. The first-order valence-corrected chi connectivity index (χ1v) is 10.3. The Kier molecular flexibility index (Phi) is 4.37. The Bertz CT molecular complexity index is 1230. The smallest absolute Gasteiger partial charge is 0.328 e. The molecule has 0 bridgehead atoms. The van der Waals surface area contributed by atoms with E-state index in [1.807, 2.05) is 11.0 Å². The molecule has 1 unspecified atom stereocenters. The van der Waals surface area contributed by atoms with E-state index < -0.39 is 23.1 Å². The van der Waals surface area contributed by atoms with Crippen LogP contribution in [0.5, 0.6) is 0 Å². The average molecular weight is 409 g/mol. The number of furan rings is 1. The minimum atomic E-state index is -1.81. The predicted molar refractivity (Wildman–Crippen MR) is 109 cm³/mol. The van der Waals surface area contributed by atoms with Gasteiger partial charge in [-0.3, -0.25) is 9.78 Å². The summed E-state index contributed by atoms with van der Waals surface area (Å²) in [5.74, 6) is -1.21. The molecule has 1 aliphatic rings. The normalized spacial score (nSPS) is 14.8. The lowest BCUT2D eigenvalue weighted by Gasteiger charge is -2.33. The van der Waals surface area contributed by atoms with Gasteiger partial charge < -0.3 is 13.9 Å². The molecular weight excluding hydrogens is 393 g/mol. The Morgan fingerprint density at radius 1 is 1.21 bits per heavy atom. The fourth-order valence-corrected chi connectivity index (χ4v) is 4.36. The molecular formula is C21H16FN3O3S. The minimum absolute atomic E-state index is 0.0880. The van der Waals surface area contributed by atoms with Crippen molar-refractivity contribution in [3.05, 3.63) is 66.4 Å². The highest BCUT2D eigenvalue weighted by atomic mass is 32.2. The molecule has 1 saturated heterocycles. The van der Waals surface area contributed by atoms with Gasteiger partial charge in [0, 0.05) is 54.1 Å². The van der Waals surface area contributed by atoms with E-state index >= 15 is 0 Å². The van der Waals surface area contributed by atoms with Gasteiger partial charge in [-0.25, -0.2) is 4.39 Å². The summed E-state index contributed by atoms with van der Waals surface area (Å²) in [7, 11) is 0. The maximum Gasteiger partial charge on any atom is 0.328 e. The fraction of sp³-hybridized carbons (Fsp3) is 0.143. The van der Waals surface area contributed by atoms with E-state index in [4.69, 9.17) is 4.42 Å². The van der Waals surface area contributed by atoms with Crippen molar-refractivity contribution in [3.63, 3.8) is 0 Å². The van der Waals surface area contributed by atoms with Crippen LogP contribution in [-0.2, 0) is 11.4 Å². The molecule has 6 nitrogen and oxygen atoms in total. The molecule has 5 rings (SSSR count). The van der Waals surface area contributed by atoms with Gasteiger partial charge in [0.2, 0.25) is 0 Å². The minimum Gasteiger partial charge on any atom is -0.588 e. The summed E-state index contributed by atoms with van der Waals surface area (Å²) in [5.41, 5.74) is 1.02. The largest absolute Gasteiger partial charge is 0.588 e. The van der Waals surface area contributed by atoms with Gasteiger partial charge in [0.15, 0.2) is 10.7 Å². The van der Waals surface area contributed by atoms with E-state index in [0.717, 1.165) is 36.0 Å². The first-order valence-electron chi connectivity index (χ1n) is 9.14. The van der Waals surface area contributed by atoms with Crippen molar-refractivity contribution in [2.75, 3.05) is 18.0 Å². The number of amides is 1. The Hall–Kier alpha value is -3.10. The summed E-state index contributed by atoms with van der Waals surface area (Å²) in [6.45, 7) is 1.75. The Morgan fingerprint density at radius 2 is 2.07 bits per heavy atom. The van der Waals surface area contributed by atoms with Crippen LogP contribution in [0.1, 0.15) is 17.0 Å². The van der Waals surface area contributed by atoms with Gasteiger partial charge >= 0.3 is 5.91 Å². The van der Waals surface area contributed by atoms with Crippen LogP contribution in [0.2, 0.25) is 0 Å². The number of rotatable bonds is 4. The average Bonchev–Trinajstić information content (AvgIpc) is 3.11. The lowest BCUT2D eigenvalue weighted by atomic mass is 10.1. The number of nitrogens with zero attached hydrogens (tertiary/aromatic N) is 2. The summed E-state index contributed by atoms with van der Waals surface area (Å²) < 4.78 is 35.2. The molecule has 29 heavy (non-hydrogen) atoms. The number of nitrogens with one attached hydrogen (secondary N) is 1. The highest BCUT2D eigenvalue weighted by Crippen LogP contribution is 2.30. The maximum atomic E-state index is 14.5. The van der Waals surface area contributed by atoms with Crippen LogP contribution in [0.3, 0.4) is 0 Å². The number of carbonyl (C=O) groups is 1. The number of fused-ring (bicyclic) bond motifs is 2. The van der Waals surface area contributed by atoms with E-state index in [1.54, 1.807) is 36.7 Å². The molecule has 0 spiro atoms. The summed E-state index contributed by atoms with van der Waals surface area (Å²) in [5, 5.41) is 1.77. The van der Waals surface area contributed by atoms with Crippen LogP contribution < -0.4 is 9.62 Å². The molecule has 1 atom stereocenters. The standard InChI is InChI=1S/C21H16FN3O3S/c22-17-9-14(25-7-2-8-25)10-18-16(17)11-19(28-18)21(26)24-29(27)20-4-1-3-13-12-23-6-5-15(13)20/h1,3-6,9-12H,2,7-8H2,(H,24,26). The summed E-state index contributed by atoms with van der Waals surface area (Å²) in [6.07, 6.45) is 4.33. The second-order valence-corrected chi connectivity index (χ2v) is 8.02. The molecule has 146 valence electrons. The molecule has 0 aliphatic carbocycles. The maximum absolute atomic E-state index is 14.5. The predicted octanol–water partition coefficient (Wildman–Crippen LogP) is 3.78. The number of halogens is 1. The van der Waals surface area contributed by atoms with Gasteiger partial charge in [-0.1, -0.05) is 12.1 Å². The van der Waals surface area contributed by atoms with Crippen LogP contribution in [-0.4, -0.2) is 28.5 Å². The zero-order valence-corrected chi connectivity index (χ0v) is 16.0. The van der Waals surface area contributed by atoms with Crippen LogP contribution in [0.15, 0.2) is 64.2 Å². The lowest BCUT2D eigenvalue weighted by Crippen LogP contribution is -2.36. The Labute approximate surface area is 168 Å². The van der Waals surface area contributed by atoms with E-state index in [-0.39, 0.29) is 11.1 Å². The van der Waals surface area contributed by atoms with Crippen molar-refractivity contribution in [3.8, 4) is 0 Å². The lowest BCUT2D eigenvalue weighted by molar-refractivity contribution is 0.0956. The summed E-state index contributed by atoms with van der Waals surface area (Å²) in [4.78, 5) is 19.1. The van der Waals surface area contributed by atoms with Crippen LogP contribution in [0.25, 0.3) is 21.7 Å². The van der Waals surface area contributed by atoms with Crippen LogP contribution >= 0.6 is 0 Å². The molecule has 8 heteroatoms. The van der Waals surface area contributed by atoms with E-state index in [0.29, 0.717) is 10.5 Å². The van der Waals surface area contributed by atoms with Crippen LogP contribution in [0, 0.1) is 5.82 Å². The molecule has 1 amide bonds. The number of aromatic nitrogens is 1. The van der Waals surface area contributed by atoms with E-state index in [9.17, 15) is 13.7 Å². The van der Waals surface area contributed by atoms with Gasteiger partial charge in [0.1, 0.15) is 22.8 Å². The van der Waals surface area contributed by atoms with Crippen molar-refractivity contribution in [2.24, 2.45) is 0 Å². The number of pyridine rings is 1. The van der Waals surface area contributed by atoms with E-state index in [2.05, 4.69) is 9.71 Å². The molecule has 4 aromatic rings. The fourth-order valence-electron chi connectivity index (χ4n) is 3.40. The number of hydrogen-bond donors (Lipinski definition) is 1. The van der Waals surface area contributed by atoms with Gasteiger partial charge in [-0.2, -0.15) is 4.72 Å². The van der Waals surface area contributed by atoms with Crippen molar-refractivity contribution in [2.45, 2.75) is 11.3 Å². The third-order valence-corrected chi connectivity index (χ3v) is 6.17. The zero-order chi connectivity index (χ0) is 20.0. The highest BCUT2D eigenvalue weighted by molar-refractivity contribution is 7.90. The molecule has 1 aliphatic heterocycles. The first-order chi connectivity index (χ1) is 14.1. The van der Waals surface area contributed by atoms with E-state index in [1.165, 1.54) is 12.1 Å². The third-order valence-electron chi connectivity index (χ3n) is 5.04.